The highest BCUT2D eigenvalue weighted by Gasteiger charge is 2.32. The summed E-state index contributed by atoms with van der Waals surface area (Å²) >= 11 is 1.58. The lowest BCUT2D eigenvalue weighted by Crippen LogP contribution is -2.16. The van der Waals surface area contributed by atoms with E-state index in [9.17, 15) is 4.79 Å². The number of carboxylic acid groups (broad SMARTS) is 1. The third kappa shape index (κ3) is 2.23. The number of fused-ring (bicyclic) bond motifs is 1. The van der Waals surface area contributed by atoms with Crippen LogP contribution in [0.2, 0.25) is 0 Å². The van der Waals surface area contributed by atoms with Crippen molar-refractivity contribution >= 4 is 22.4 Å². The molecule has 0 radical (unpaired) electrons. The lowest BCUT2D eigenvalue weighted by atomic mass is 10.1. The zero-order valence-corrected chi connectivity index (χ0v) is 11.3. The van der Waals surface area contributed by atoms with Crippen molar-refractivity contribution in [2.75, 3.05) is 11.9 Å². The van der Waals surface area contributed by atoms with Crippen LogP contribution in [0.25, 0.3) is 0 Å². The van der Waals surface area contributed by atoms with E-state index in [1.54, 1.807) is 17.6 Å². The second kappa shape index (κ2) is 4.70. The van der Waals surface area contributed by atoms with E-state index in [0.29, 0.717) is 13.0 Å². The minimum atomic E-state index is -0.774. The van der Waals surface area contributed by atoms with Gasteiger partial charge in [-0.05, 0) is 25.0 Å². The Labute approximate surface area is 114 Å². The van der Waals surface area contributed by atoms with E-state index in [4.69, 9.17) is 9.52 Å². The number of furan rings is 1. The average molecular weight is 278 g/mol. The van der Waals surface area contributed by atoms with Crippen molar-refractivity contribution < 1.29 is 14.3 Å². The summed E-state index contributed by atoms with van der Waals surface area (Å²) in [4.78, 5) is 18.7. The van der Waals surface area contributed by atoms with E-state index in [1.165, 1.54) is 0 Å². The maximum Gasteiger partial charge on any atom is 0.312 e. The van der Waals surface area contributed by atoms with Crippen LogP contribution in [-0.4, -0.2) is 23.1 Å². The SMILES string of the molecule is CN(Cc1ccco1)c1nc2c(s1)CCC2C(=O)O. The zero-order chi connectivity index (χ0) is 13.4. The van der Waals surface area contributed by atoms with Gasteiger partial charge in [0.1, 0.15) is 11.7 Å². The smallest absolute Gasteiger partial charge is 0.312 e. The molecule has 100 valence electrons. The van der Waals surface area contributed by atoms with Gasteiger partial charge in [0.25, 0.3) is 0 Å². The maximum absolute atomic E-state index is 11.1. The number of nitrogens with zero attached hydrogens (tertiary/aromatic N) is 2. The van der Waals surface area contributed by atoms with E-state index in [1.807, 2.05) is 24.1 Å². The van der Waals surface area contributed by atoms with Crippen LogP contribution < -0.4 is 4.90 Å². The fraction of sp³-hybridized carbons (Fsp3) is 0.385. The van der Waals surface area contributed by atoms with Crippen LogP contribution in [0.1, 0.15) is 28.7 Å². The molecule has 2 aromatic heterocycles. The number of carboxylic acids is 1. The second-order valence-corrected chi connectivity index (χ2v) is 5.73. The number of thiazole rings is 1. The molecule has 0 saturated carbocycles. The van der Waals surface area contributed by atoms with Crippen molar-refractivity contribution in [3.05, 3.63) is 34.7 Å². The molecular formula is C13H14N2O3S. The normalized spacial score (nSPS) is 17.4. The van der Waals surface area contributed by atoms with Gasteiger partial charge in [0, 0.05) is 11.9 Å². The highest BCUT2D eigenvalue weighted by molar-refractivity contribution is 7.15. The number of aliphatic carboxylic acids is 1. The van der Waals surface area contributed by atoms with Gasteiger partial charge in [0.05, 0.1) is 18.5 Å². The molecule has 5 nitrogen and oxygen atoms in total. The zero-order valence-electron chi connectivity index (χ0n) is 10.5. The Morgan fingerprint density at radius 2 is 2.53 bits per heavy atom. The van der Waals surface area contributed by atoms with Crippen LogP contribution in [0, 0.1) is 0 Å². The molecule has 0 bridgehead atoms. The molecule has 6 heteroatoms. The molecule has 0 aromatic carbocycles. The topological polar surface area (TPSA) is 66.6 Å². The highest BCUT2D eigenvalue weighted by atomic mass is 32.1. The van der Waals surface area contributed by atoms with Gasteiger partial charge < -0.3 is 14.4 Å². The van der Waals surface area contributed by atoms with Gasteiger partial charge in [-0.2, -0.15) is 0 Å². The van der Waals surface area contributed by atoms with E-state index < -0.39 is 11.9 Å². The molecule has 1 aliphatic rings. The lowest BCUT2D eigenvalue weighted by Gasteiger charge is -2.14. The number of rotatable bonds is 4. The average Bonchev–Trinajstić information content (AvgIpc) is 3.02. The molecule has 0 aliphatic heterocycles. The van der Waals surface area contributed by atoms with Crippen molar-refractivity contribution in [2.45, 2.75) is 25.3 Å². The summed E-state index contributed by atoms with van der Waals surface area (Å²) in [5.41, 5.74) is 0.749. The Bertz CT molecular complexity index is 591. The highest BCUT2D eigenvalue weighted by Crippen LogP contribution is 2.39. The Hall–Kier alpha value is -1.82. The quantitative estimate of drug-likeness (QED) is 0.930. The summed E-state index contributed by atoms with van der Waals surface area (Å²) in [6.07, 6.45) is 3.13. The first kappa shape index (κ1) is 12.2. The number of carbonyl (C=O) groups is 1. The molecule has 0 saturated heterocycles. The van der Waals surface area contributed by atoms with E-state index in [0.717, 1.165) is 27.9 Å². The summed E-state index contributed by atoms with van der Waals surface area (Å²) in [5, 5.41) is 10.0. The van der Waals surface area contributed by atoms with Crippen molar-refractivity contribution in [3.63, 3.8) is 0 Å². The van der Waals surface area contributed by atoms with Gasteiger partial charge in [-0.15, -0.1) is 11.3 Å². The second-order valence-electron chi connectivity index (χ2n) is 4.67. The largest absolute Gasteiger partial charge is 0.481 e. The van der Waals surface area contributed by atoms with Gasteiger partial charge in [0.2, 0.25) is 0 Å². The minimum absolute atomic E-state index is 0.433. The van der Waals surface area contributed by atoms with Crippen molar-refractivity contribution in [1.29, 1.82) is 0 Å². The third-order valence-corrected chi connectivity index (χ3v) is 4.55. The molecular weight excluding hydrogens is 264 g/mol. The van der Waals surface area contributed by atoms with Crippen LogP contribution in [0.4, 0.5) is 5.13 Å². The molecule has 1 aliphatic carbocycles. The molecule has 19 heavy (non-hydrogen) atoms. The third-order valence-electron chi connectivity index (χ3n) is 3.30. The van der Waals surface area contributed by atoms with Gasteiger partial charge in [-0.25, -0.2) is 4.98 Å². The Morgan fingerprint density at radius 3 is 3.21 bits per heavy atom. The van der Waals surface area contributed by atoms with Crippen LogP contribution in [-0.2, 0) is 17.8 Å². The number of aromatic nitrogens is 1. The summed E-state index contributed by atoms with van der Waals surface area (Å²) in [7, 11) is 1.94. The molecule has 3 rings (SSSR count). The fourth-order valence-corrected chi connectivity index (χ4v) is 3.42. The first-order chi connectivity index (χ1) is 9.15. The molecule has 0 fully saturated rings. The van der Waals surface area contributed by atoms with Crippen molar-refractivity contribution in [3.8, 4) is 0 Å². The summed E-state index contributed by atoms with van der Waals surface area (Å²) < 4.78 is 5.30. The Morgan fingerprint density at radius 1 is 1.68 bits per heavy atom. The van der Waals surface area contributed by atoms with E-state index >= 15 is 0 Å². The molecule has 1 atom stereocenters. The minimum Gasteiger partial charge on any atom is -0.481 e. The first-order valence-electron chi connectivity index (χ1n) is 6.11. The Kier molecular flexibility index (Phi) is 3.02. The molecule has 0 spiro atoms. The molecule has 1 N–H and O–H groups in total. The van der Waals surface area contributed by atoms with Gasteiger partial charge in [0.15, 0.2) is 5.13 Å². The van der Waals surface area contributed by atoms with Crippen LogP contribution in [0.5, 0.6) is 0 Å². The summed E-state index contributed by atoms with van der Waals surface area (Å²) in [6.45, 7) is 0.636. The van der Waals surface area contributed by atoms with Gasteiger partial charge in [-0.3, -0.25) is 4.79 Å². The number of anilines is 1. The predicted molar refractivity (Wildman–Crippen MR) is 71.6 cm³/mol. The van der Waals surface area contributed by atoms with Gasteiger partial charge >= 0.3 is 5.97 Å². The summed E-state index contributed by atoms with van der Waals surface area (Å²) in [5.74, 6) is -0.339. The molecule has 2 heterocycles. The number of hydrogen-bond acceptors (Lipinski definition) is 5. The molecule has 0 amide bonds. The maximum atomic E-state index is 11.1. The predicted octanol–water partition coefficient (Wildman–Crippen LogP) is 2.49. The number of aryl methyl sites for hydroxylation is 1. The van der Waals surface area contributed by atoms with Crippen LogP contribution in [0.15, 0.2) is 22.8 Å². The lowest BCUT2D eigenvalue weighted by molar-refractivity contribution is -0.138. The first-order valence-corrected chi connectivity index (χ1v) is 6.92. The summed E-state index contributed by atoms with van der Waals surface area (Å²) in [6, 6.07) is 3.77. The van der Waals surface area contributed by atoms with Crippen molar-refractivity contribution in [1.82, 2.24) is 4.98 Å². The molecule has 1 unspecified atom stereocenters. The standard InChI is InChI=1S/C13H14N2O3S/c1-15(7-8-3-2-6-18-8)13-14-11-9(12(16)17)4-5-10(11)19-13/h2-3,6,9H,4-5,7H2,1H3,(H,16,17). The van der Waals surface area contributed by atoms with E-state index in [-0.39, 0.29) is 0 Å². The monoisotopic (exact) mass is 278 g/mol. The van der Waals surface area contributed by atoms with Crippen LogP contribution >= 0.6 is 11.3 Å². The molecule has 2 aromatic rings. The van der Waals surface area contributed by atoms with Crippen molar-refractivity contribution in [2.24, 2.45) is 0 Å². The van der Waals surface area contributed by atoms with E-state index in [2.05, 4.69) is 4.98 Å². The number of hydrogen-bond donors (Lipinski definition) is 1. The fourth-order valence-electron chi connectivity index (χ4n) is 2.32. The van der Waals surface area contributed by atoms with Crippen LogP contribution in [0.3, 0.4) is 0 Å². The van der Waals surface area contributed by atoms with Gasteiger partial charge in [-0.1, -0.05) is 0 Å². The Balaban J connectivity index is 1.80.